The predicted octanol–water partition coefficient (Wildman–Crippen LogP) is 4.08. The summed E-state index contributed by atoms with van der Waals surface area (Å²) in [7, 11) is 0. The van der Waals surface area contributed by atoms with Gasteiger partial charge in [-0.2, -0.15) is 0 Å². The van der Waals surface area contributed by atoms with Crippen molar-refractivity contribution < 1.29 is 0 Å². The molecule has 1 aliphatic heterocycles. The van der Waals surface area contributed by atoms with Crippen molar-refractivity contribution in [2.45, 2.75) is 26.7 Å². The Morgan fingerprint density at radius 2 is 1.60 bits per heavy atom. The molecule has 0 saturated carbocycles. The summed E-state index contributed by atoms with van der Waals surface area (Å²) >= 11 is 3.47. The quantitative estimate of drug-likeness (QED) is 0.742. The Kier molecular flexibility index (Phi) is 3.06. The van der Waals surface area contributed by atoms with Gasteiger partial charge in [0.15, 0.2) is 0 Å². The van der Waals surface area contributed by atoms with Gasteiger partial charge in [-0.3, -0.25) is 0 Å². The highest BCUT2D eigenvalue weighted by molar-refractivity contribution is 9.10. The zero-order chi connectivity index (χ0) is 10.9. The fourth-order valence-electron chi connectivity index (χ4n) is 2.02. The van der Waals surface area contributed by atoms with Gasteiger partial charge in [0.05, 0.1) is 0 Å². The Bertz CT molecular complexity index is 319. The Morgan fingerprint density at radius 3 is 2.13 bits per heavy atom. The Hall–Kier alpha value is -0.500. The van der Waals surface area contributed by atoms with Gasteiger partial charge in [-0.1, -0.05) is 29.8 Å². The first-order valence-corrected chi connectivity index (χ1v) is 6.37. The summed E-state index contributed by atoms with van der Waals surface area (Å²) in [5.41, 5.74) is 1.89. The number of hydrogen-bond acceptors (Lipinski definition) is 1. The third kappa shape index (κ3) is 2.75. The van der Waals surface area contributed by atoms with Crippen LogP contribution in [0.2, 0.25) is 0 Å². The van der Waals surface area contributed by atoms with Gasteiger partial charge in [0.2, 0.25) is 0 Å². The maximum Gasteiger partial charge on any atom is 0.0366 e. The van der Waals surface area contributed by atoms with E-state index in [2.05, 4.69) is 58.9 Å². The molecule has 15 heavy (non-hydrogen) atoms. The van der Waals surface area contributed by atoms with Gasteiger partial charge < -0.3 is 4.90 Å². The second kappa shape index (κ2) is 4.17. The molecule has 0 unspecified atom stereocenters. The van der Waals surface area contributed by atoms with E-state index in [1.807, 2.05) is 0 Å². The molecule has 1 heterocycles. The molecule has 1 aromatic rings. The van der Waals surface area contributed by atoms with Crippen LogP contribution in [0.15, 0.2) is 28.7 Å². The van der Waals surface area contributed by atoms with Crippen molar-refractivity contribution in [3.05, 3.63) is 28.7 Å². The van der Waals surface area contributed by atoms with Crippen LogP contribution in [0, 0.1) is 5.41 Å². The van der Waals surface area contributed by atoms with Crippen molar-refractivity contribution in [3.8, 4) is 0 Å². The summed E-state index contributed by atoms with van der Waals surface area (Å²) in [4.78, 5) is 2.48. The lowest BCUT2D eigenvalue weighted by Gasteiger charge is -2.38. The van der Waals surface area contributed by atoms with Gasteiger partial charge in [-0.25, -0.2) is 0 Å². The molecule has 0 spiro atoms. The first-order valence-electron chi connectivity index (χ1n) is 5.57. The van der Waals surface area contributed by atoms with Crippen molar-refractivity contribution in [1.29, 1.82) is 0 Å². The number of nitrogens with zero attached hydrogens (tertiary/aromatic N) is 1. The van der Waals surface area contributed by atoms with Crippen LogP contribution in [-0.4, -0.2) is 13.1 Å². The molecule has 1 fully saturated rings. The van der Waals surface area contributed by atoms with Crippen LogP contribution < -0.4 is 4.90 Å². The van der Waals surface area contributed by atoms with Gasteiger partial charge in [0.25, 0.3) is 0 Å². The van der Waals surface area contributed by atoms with Crippen molar-refractivity contribution in [2.75, 3.05) is 18.0 Å². The van der Waals surface area contributed by atoms with Crippen LogP contribution in [0.5, 0.6) is 0 Å². The zero-order valence-electron chi connectivity index (χ0n) is 9.46. The van der Waals surface area contributed by atoms with E-state index < -0.39 is 0 Å². The molecule has 1 saturated heterocycles. The van der Waals surface area contributed by atoms with Crippen molar-refractivity contribution in [1.82, 2.24) is 0 Å². The average Bonchev–Trinajstić information content (AvgIpc) is 2.20. The standard InChI is InChI=1S/C13H18BrN/c1-13(2)7-9-15(10-8-13)12-5-3-11(14)4-6-12/h3-6H,7-10H2,1-2H3. The average molecular weight is 268 g/mol. The van der Waals surface area contributed by atoms with E-state index in [1.165, 1.54) is 31.6 Å². The van der Waals surface area contributed by atoms with Crippen molar-refractivity contribution in [3.63, 3.8) is 0 Å². The van der Waals surface area contributed by atoms with Crippen LogP contribution in [0.1, 0.15) is 26.7 Å². The van der Waals surface area contributed by atoms with Crippen LogP contribution in [0.3, 0.4) is 0 Å². The maximum atomic E-state index is 3.47. The molecule has 1 aromatic carbocycles. The van der Waals surface area contributed by atoms with Crippen molar-refractivity contribution >= 4 is 21.6 Å². The lowest BCUT2D eigenvalue weighted by atomic mass is 9.82. The largest absolute Gasteiger partial charge is 0.371 e. The minimum Gasteiger partial charge on any atom is -0.371 e. The fraction of sp³-hybridized carbons (Fsp3) is 0.538. The number of halogens is 1. The SMILES string of the molecule is CC1(C)CCN(c2ccc(Br)cc2)CC1. The molecule has 1 nitrogen and oxygen atoms in total. The Balaban J connectivity index is 2.04. The van der Waals surface area contributed by atoms with Gasteiger partial charge in [-0.05, 0) is 42.5 Å². The number of anilines is 1. The van der Waals surface area contributed by atoms with E-state index in [4.69, 9.17) is 0 Å². The van der Waals surface area contributed by atoms with Gasteiger partial charge in [0.1, 0.15) is 0 Å². The summed E-state index contributed by atoms with van der Waals surface area (Å²) in [5.74, 6) is 0. The predicted molar refractivity (Wildman–Crippen MR) is 69.4 cm³/mol. The fourth-order valence-corrected chi connectivity index (χ4v) is 2.29. The molecule has 0 bridgehead atoms. The summed E-state index contributed by atoms with van der Waals surface area (Å²) in [6.45, 7) is 7.11. The van der Waals surface area contributed by atoms with Crippen LogP contribution >= 0.6 is 15.9 Å². The number of hydrogen-bond donors (Lipinski definition) is 0. The van der Waals surface area contributed by atoms with E-state index in [9.17, 15) is 0 Å². The molecule has 1 aliphatic rings. The van der Waals surface area contributed by atoms with E-state index >= 15 is 0 Å². The van der Waals surface area contributed by atoms with Crippen molar-refractivity contribution in [2.24, 2.45) is 5.41 Å². The normalized spacial score (nSPS) is 20.3. The van der Waals surface area contributed by atoms with Gasteiger partial charge >= 0.3 is 0 Å². The maximum absolute atomic E-state index is 3.47. The number of rotatable bonds is 1. The van der Waals surface area contributed by atoms with Gasteiger partial charge in [-0.15, -0.1) is 0 Å². The smallest absolute Gasteiger partial charge is 0.0366 e. The van der Waals surface area contributed by atoms with E-state index in [1.54, 1.807) is 0 Å². The van der Waals surface area contributed by atoms with E-state index in [0.29, 0.717) is 5.41 Å². The highest BCUT2D eigenvalue weighted by atomic mass is 79.9. The second-order valence-electron chi connectivity index (χ2n) is 5.13. The Labute approximate surface area is 101 Å². The summed E-state index contributed by atoms with van der Waals surface area (Å²) < 4.78 is 1.16. The van der Waals surface area contributed by atoms with E-state index in [0.717, 1.165) is 4.47 Å². The third-order valence-corrected chi connectivity index (χ3v) is 3.84. The molecule has 0 aromatic heterocycles. The van der Waals surface area contributed by atoms with Gasteiger partial charge in [0, 0.05) is 23.2 Å². The molecule has 0 aliphatic carbocycles. The molecule has 0 amide bonds. The molecular formula is C13H18BrN. The molecule has 0 radical (unpaired) electrons. The summed E-state index contributed by atoms with van der Waals surface area (Å²) in [6.07, 6.45) is 2.59. The molecule has 0 atom stereocenters. The van der Waals surface area contributed by atoms with Crippen LogP contribution in [0.4, 0.5) is 5.69 Å². The lowest BCUT2D eigenvalue weighted by Crippen LogP contribution is -2.37. The molecular weight excluding hydrogens is 250 g/mol. The lowest BCUT2D eigenvalue weighted by molar-refractivity contribution is 0.280. The molecule has 2 heteroatoms. The monoisotopic (exact) mass is 267 g/mol. The molecule has 2 rings (SSSR count). The van der Waals surface area contributed by atoms with Crippen LogP contribution in [0.25, 0.3) is 0 Å². The Morgan fingerprint density at radius 1 is 1.07 bits per heavy atom. The first-order chi connectivity index (χ1) is 7.07. The summed E-state index contributed by atoms with van der Waals surface area (Å²) in [5, 5.41) is 0. The second-order valence-corrected chi connectivity index (χ2v) is 6.04. The topological polar surface area (TPSA) is 3.24 Å². The van der Waals surface area contributed by atoms with E-state index in [-0.39, 0.29) is 0 Å². The number of benzene rings is 1. The van der Waals surface area contributed by atoms with Crippen LogP contribution in [-0.2, 0) is 0 Å². The first kappa shape index (κ1) is 11.0. The zero-order valence-corrected chi connectivity index (χ0v) is 11.0. The minimum absolute atomic E-state index is 0.534. The third-order valence-electron chi connectivity index (χ3n) is 3.31. The molecule has 82 valence electrons. The molecule has 0 N–H and O–H groups in total. The highest BCUT2D eigenvalue weighted by Crippen LogP contribution is 2.32. The highest BCUT2D eigenvalue weighted by Gasteiger charge is 2.25. The minimum atomic E-state index is 0.534. The number of piperidine rings is 1. The summed E-state index contributed by atoms with van der Waals surface area (Å²) in [6, 6.07) is 8.63.